The summed E-state index contributed by atoms with van der Waals surface area (Å²) in [5.41, 5.74) is 5.04. The Balaban J connectivity index is 2.11. The molecule has 1 N–H and O–H groups in total. The van der Waals surface area contributed by atoms with E-state index in [1.54, 1.807) is 11.1 Å². The van der Waals surface area contributed by atoms with Gasteiger partial charge < -0.3 is 5.32 Å². The molecule has 0 fully saturated rings. The van der Waals surface area contributed by atoms with Gasteiger partial charge in [-0.2, -0.15) is 0 Å². The van der Waals surface area contributed by atoms with Crippen LogP contribution in [0.3, 0.4) is 0 Å². The zero-order valence-corrected chi connectivity index (χ0v) is 13.9. The number of hydrogen-bond acceptors (Lipinski definition) is 1. The van der Waals surface area contributed by atoms with Gasteiger partial charge in [-0.05, 0) is 53.7 Å². The van der Waals surface area contributed by atoms with Crippen LogP contribution in [0.25, 0.3) is 0 Å². The van der Waals surface area contributed by atoms with Gasteiger partial charge in [-0.25, -0.2) is 0 Å². The summed E-state index contributed by atoms with van der Waals surface area (Å²) in [6.45, 7) is 12.7. The van der Waals surface area contributed by atoms with E-state index in [1.165, 1.54) is 31.2 Å². The Morgan fingerprint density at radius 3 is 2.45 bits per heavy atom. The van der Waals surface area contributed by atoms with Crippen LogP contribution in [0.1, 0.15) is 57.7 Å². The third kappa shape index (κ3) is 3.63. The lowest BCUT2D eigenvalue weighted by atomic mass is 9.74. The normalized spacial score (nSPS) is 17.6. The van der Waals surface area contributed by atoms with Crippen molar-refractivity contribution < 1.29 is 0 Å². The molecule has 1 aliphatic rings. The lowest BCUT2D eigenvalue weighted by Crippen LogP contribution is -2.40. The van der Waals surface area contributed by atoms with Crippen LogP contribution in [0.2, 0.25) is 0 Å². The summed E-state index contributed by atoms with van der Waals surface area (Å²) >= 11 is 0. The summed E-state index contributed by atoms with van der Waals surface area (Å²) < 4.78 is 0. The summed E-state index contributed by atoms with van der Waals surface area (Å²) in [5, 5.41) is 3.64. The molecule has 1 aromatic carbocycles. The SMILES string of the molecule is CC(C)NCC(C)(Cc1ccc2c(c1)CCC2)C(C)C. The molecule has 1 nitrogen and oxygen atoms in total. The van der Waals surface area contributed by atoms with E-state index in [0.29, 0.717) is 17.4 Å². The van der Waals surface area contributed by atoms with E-state index in [9.17, 15) is 0 Å². The second kappa shape index (κ2) is 6.30. The minimum atomic E-state index is 0.330. The van der Waals surface area contributed by atoms with Crippen LogP contribution in [0.5, 0.6) is 0 Å². The highest BCUT2D eigenvalue weighted by atomic mass is 14.9. The monoisotopic (exact) mass is 273 g/mol. The zero-order chi connectivity index (χ0) is 14.8. The molecule has 0 bridgehead atoms. The molecule has 0 aliphatic heterocycles. The van der Waals surface area contributed by atoms with Gasteiger partial charge in [0.05, 0.1) is 0 Å². The minimum Gasteiger partial charge on any atom is -0.314 e. The smallest absolute Gasteiger partial charge is 0.00132 e. The van der Waals surface area contributed by atoms with Crippen LogP contribution in [0.15, 0.2) is 18.2 Å². The molecule has 112 valence electrons. The fourth-order valence-electron chi connectivity index (χ4n) is 3.11. The lowest BCUT2D eigenvalue weighted by Gasteiger charge is -2.35. The first kappa shape index (κ1) is 15.6. The van der Waals surface area contributed by atoms with E-state index in [2.05, 4.69) is 58.1 Å². The summed E-state index contributed by atoms with van der Waals surface area (Å²) in [6.07, 6.45) is 5.09. The van der Waals surface area contributed by atoms with E-state index < -0.39 is 0 Å². The van der Waals surface area contributed by atoms with Crippen molar-refractivity contribution in [2.75, 3.05) is 6.54 Å². The minimum absolute atomic E-state index is 0.330. The molecule has 0 spiro atoms. The van der Waals surface area contributed by atoms with Gasteiger partial charge in [-0.1, -0.05) is 52.8 Å². The van der Waals surface area contributed by atoms with Crippen LogP contribution in [0, 0.1) is 11.3 Å². The van der Waals surface area contributed by atoms with Crippen molar-refractivity contribution in [3.05, 3.63) is 34.9 Å². The zero-order valence-electron chi connectivity index (χ0n) is 13.9. The number of nitrogens with one attached hydrogen (secondary N) is 1. The van der Waals surface area contributed by atoms with Gasteiger partial charge in [0.25, 0.3) is 0 Å². The molecule has 0 aromatic heterocycles. The van der Waals surface area contributed by atoms with Gasteiger partial charge in [0.1, 0.15) is 0 Å². The average molecular weight is 273 g/mol. The van der Waals surface area contributed by atoms with Crippen LogP contribution >= 0.6 is 0 Å². The third-order valence-electron chi connectivity index (χ3n) is 5.08. The maximum absolute atomic E-state index is 3.64. The first-order chi connectivity index (χ1) is 9.40. The maximum atomic E-state index is 3.64. The van der Waals surface area contributed by atoms with Crippen molar-refractivity contribution in [1.82, 2.24) is 5.32 Å². The quantitative estimate of drug-likeness (QED) is 0.811. The van der Waals surface area contributed by atoms with Gasteiger partial charge in [0.2, 0.25) is 0 Å². The average Bonchev–Trinajstić information content (AvgIpc) is 2.83. The van der Waals surface area contributed by atoms with E-state index in [1.807, 2.05) is 0 Å². The van der Waals surface area contributed by atoms with Crippen molar-refractivity contribution in [2.24, 2.45) is 11.3 Å². The number of fused-ring (bicyclic) bond motifs is 1. The number of rotatable bonds is 6. The fraction of sp³-hybridized carbons (Fsp3) is 0.684. The molecular formula is C19H31N. The number of aryl methyl sites for hydroxylation is 2. The molecule has 0 saturated heterocycles. The molecule has 0 heterocycles. The van der Waals surface area contributed by atoms with E-state index in [4.69, 9.17) is 0 Å². The Bertz CT molecular complexity index is 447. The second-order valence-electron chi connectivity index (χ2n) is 7.48. The van der Waals surface area contributed by atoms with Gasteiger partial charge >= 0.3 is 0 Å². The van der Waals surface area contributed by atoms with Crippen molar-refractivity contribution in [1.29, 1.82) is 0 Å². The molecule has 0 radical (unpaired) electrons. The summed E-state index contributed by atoms with van der Waals surface area (Å²) in [5.74, 6) is 0.682. The molecule has 0 amide bonds. The third-order valence-corrected chi connectivity index (χ3v) is 5.08. The van der Waals surface area contributed by atoms with Crippen LogP contribution in [-0.4, -0.2) is 12.6 Å². The molecular weight excluding hydrogens is 242 g/mol. The van der Waals surface area contributed by atoms with Crippen molar-refractivity contribution in [3.63, 3.8) is 0 Å². The highest BCUT2D eigenvalue weighted by molar-refractivity contribution is 5.35. The molecule has 1 heteroatoms. The molecule has 1 aliphatic carbocycles. The van der Waals surface area contributed by atoms with Gasteiger partial charge in [0.15, 0.2) is 0 Å². The second-order valence-corrected chi connectivity index (χ2v) is 7.48. The van der Waals surface area contributed by atoms with Gasteiger partial charge in [0, 0.05) is 12.6 Å². The Morgan fingerprint density at radius 1 is 1.10 bits per heavy atom. The summed E-state index contributed by atoms with van der Waals surface area (Å²) in [4.78, 5) is 0. The van der Waals surface area contributed by atoms with E-state index >= 15 is 0 Å². The highest BCUT2D eigenvalue weighted by Crippen LogP contribution is 2.32. The van der Waals surface area contributed by atoms with Crippen molar-refractivity contribution in [2.45, 2.75) is 66.3 Å². The number of benzene rings is 1. The molecule has 2 rings (SSSR count). The Kier molecular flexibility index (Phi) is 4.90. The summed E-state index contributed by atoms with van der Waals surface area (Å²) in [6, 6.07) is 7.76. The van der Waals surface area contributed by atoms with Crippen molar-refractivity contribution >= 4 is 0 Å². The van der Waals surface area contributed by atoms with Gasteiger partial charge in [-0.15, -0.1) is 0 Å². The fourth-order valence-corrected chi connectivity index (χ4v) is 3.11. The van der Waals surface area contributed by atoms with Crippen LogP contribution in [-0.2, 0) is 19.3 Å². The highest BCUT2D eigenvalue weighted by Gasteiger charge is 2.29. The maximum Gasteiger partial charge on any atom is 0.00132 e. The van der Waals surface area contributed by atoms with Gasteiger partial charge in [-0.3, -0.25) is 0 Å². The predicted octanol–water partition coefficient (Wildman–Crippen LogP) is 4.38. The standard InChI is InChI=1S/C19H31N/c1-14(2)19(5,13-20-15(3)4)12-16-9-10-17-7-6-8-18(17)11-16/h9-11,14-15,20H,6-8,12-13H2,1-5H3. The van der Waals surface area contributed by atoms with E-state index in [0.717, 1.165) is 6.54 Å². The van der Waals surface area contributed by atoms with Crippen LogP contribution < -0.4 is 5.32 Å². The largest absolute Gasteiger partial charge is 0.314 e. The predicted molar refractivity (Wildman–Crippen MR) is 88.3 cm³/mol. The molecule has 20 heavy (non-hydrogen) atoms. The Morgan fingerprint density at radius 2 is 1.80 bits per heavy atom. The Hall–Kier alpha value is -0.820. The van der Waals surface area contributed by atoms with Crippen LogP contribution in [0.4, 0.5) is 0 Å². The molecule has 1 atom stereocenters. The topological polar surface area (TPSA) is 12.0 Å². The Labute approximate surface area is 125 Å². The molecule has 0 saturated carbocycles. The lowest BCUT2D eigenvalue weighted by molar-refractivity contribution is 0.202. The summed E-state index contributed by atoms with van der Waals surface area (Å²) in [7, 11) is 0. The van der Waals surface area contributed by atoms with Crippen molar-refractivity contribution in [3.8, 4) is 0 Å². The first-order valence-electron chi connectivity index (χ1n) is 8.25. The number of hydrogen-bond donors (Lipinski definition) is 1. The first-order valence-corrected chi connectivity index (χ1v) is 8.25. The van der Waals surface area contributed by atoms with E-state index in [-0.39, 0.29) is 0 Å². The molecule has 1 unspecified atom stereocenters. The molecule has 1 aromatic rings.